The van der Waals surface area contributed by atoms with Gasteiger partial charge in [-0.05, 0) is 41.5 Å². The quantitative estimate of drug-likeness (QED) is 0.621. The SMILES string of the molecule is O=C(O)c1ccc(CNCc2ccccc2OCc2ccc(F)cc2)cc1. The zero-order valence-electron chi connectivity index (χ0n) is 14.7. The van der Waals surface area contributed by atoms with E-state index in [0.29, 0.717) is 19.7 Å². The molecule has 0 aromatic heterocycles. The number of halogens is 1. The maximum absolute atomic E-state index is 13.0. The number of carbonyl (C=O) groups is 1. The van der Waals surface area contributed by atoms with Crippen molar-refractivity contribution in [3.05, 3.63) is 101 Å². The van der Waals surface area contributed by atoms with Crippen molar-refractivity contribution in [2.24, 2.45) is 0 Å². The Morgan fingerprint density at radius 3 is 2.26 bits per heavy atom. The Morgan fingerprint density at radius 1 is 0.889 bits per heavy atom. The van der Waals surface area contributed by atoms with Crippen molar-refractivity contribution in [2.75, 3.05) is 0 Å². The summed E-state index contributed by atoms with van der Waals surface area (Å²) in [5.41, 5.74) is 3.20. The molecule has 3 aromatic carbocycles. The summed E-state index contributed by atoms with van der Waals surface area (Å²) >= 11 is 0. The maximum atomic E-state index is 13.0. The minimum Gasteiger partial charge on any atom is -0.489 e. The first-order valence-electron chi connectivity index (χ1n) is 8.60. The number of aromatic carboxylic acids is 1. The molecule has 0 fully saturated rings. The smallest absolute Gasteiger partial charge is 0.335 e. The van der Waals surface area contributed by atoms with Crippen LogP contribution in [0.2, 0.25) is 0 Å². The van der Waals surface area contributed by atoms with Crippen molar-refractivity contribution in [3.8, 4) is 5.75 Å². The molecule has 5 heteroatoms. The summed E-state index contributed by atoms with van der Waals surface area (Å²) in [5, 5.41) is 12.3. The first-order chi connectivity index (χ1) is 13.1. The Kier molecular flexibility index (Phi) is 6.18. The van der Waals surface area contributed by atoms with Gasteiger partial charge in [-0.3, -0.25) is 0 Å². The van der Waals surface area contributed by atoms with Crippen LogP contribution in [0.5, 0.6) is 5.75 Å². The van der Waals surface area contributed by atoms with Gasteiger partial charge in [-0.25, -0.2) is 9.18 Å². The third-order valence-corrected chi connectivity index (χ3v) is 4.13. The molecule has 0 aliphatic heterocycles. The van der Waals surface area contributed by atoms with Gasteiger partial charge in [0.1, 0.15) is 18.2 Å². The summed E-state index contributed by atoms with van der Waals surface area (Å²) in [4.78, 5) is 10.9. The summed E-state index contributed by atoms with van der Waals surface area (Å²) in [6.45, 7) is 1.60. The molecular formula is C22H20FNO3. The lowest BCUT2D eigenvalue weighted by atomic mass is 10.1. The van der Waals surface area contributed by atoms with Crippen molar-refractivity contribution < 1.29 is 19.0 Å². The highest BCUT2D eigenvalue weighted by Gasteiger charge is 2.05. The van der Waals surface area contributed by atoms with Gasteiger partial charge in [0.15, 0.2) is 0 Å². The van der Waals surface area contributed by atoms with Gasteiger partial charge in [0, 0.05) is 18.7 Å². The maximum Gasteiger partial charge on any atom is 0.335 e. The molecule has 0 unspecified atom stereocenters. The van der Waals surface area contributed by atoms with E-state index in [1.54, 1.807) is 36.4 Å². The molecule has 0 aliphatic carbocycles. The standard InChI is InChI=1S/C22H20FNO3/c23-20-11-7-17(8-12-20)15-27-21-4-2-1-3-19(21)14-24-13-16-5-9-18(10-6-16)22(25)26/h1-12,24H,13-15H2,(H,25,26). The molecular weight excluding hydrogens is 345 g/mol. The Labute approximate surface area is 157 Å². The van der Waals surface area contributed by atoms with Crippen molar-refractivity contribution >= 4 is 5.97 Å². The molecule has 27 heavy (non-hydrogen) atoms. The fourth-order valence-electron chi connectivity index (χ4n) is 2.64. The molecule has 0 radical (unpaired) electrons. The van der Waals surface area contributed by atoms with Crippen molar-refractivity contribution in [1.29, 1.82) is 0 Å². The van der Waals surface area contributed by atoms with E-state index in [0.717, 1.165) is 22.4 Å². The van der Waals surface area contributed by atoms with Gasteiger partial charge < -0.3 is 15.2 Å². The van der Waals surface area contributed by atoms with E-state index in [1.807, 2.05) is 24.3 Å². The van der Waals surface area contributed by atoms with Crippen LogP contribution in [0.4, 0.5) is 4.39 Å². The molecule has 3 aromatic rings. The van der Waals surface area contributed by atoms with Crippen LogP contribution in [0.1, 0.15) is 27.0 Å². The number of hydrogen-bond acceptors (Lipinski definition) is 3. The summed E-state index contributed by atoms with van der Waals surface area (Å²) < 4.78 is 18.9. The van der Waals surface area contributed by atoms with E-state index in [4.69, 9.17) is 9.84 Å². The first kappa shape index (κ1) is 18.6. The van der Waals surface area contributed by atoms with Gasteiger partial charge in [0.2, 0.25) is 0 Å². The molecule has 3 rings (SSSR count). The van der Waals surface area contributed by atoms with Crippen LogP contribution in [0, 0.1) is 5.82 Å². The van der Waals surface area contributed by atoms with E-state index < -0.39 is 5.97 Å². The molecule has 0 saturated carbocycles. The molecule has 138 valence electrons. The van der Waals surface area contributed by atoms with Crippen LogP contribution in [0.25, 0.3) is 0 Å². The van der Waals surface area contributed by atoms with Gasteiger partial charge in [-0.2, -0.15) is 0 Å². The second kappa shape index (κ2) is 8.96. The normalized spacial score (nSPS) is 10.6. The molecule has 0 aliphatic rings. The number of hydrogen-bond donors (Lipinski definition) is 2. The minimum absolute atomic E-state index is 0.264. The average molecular weight is 365 g/mol. The lowest BCUT2D eigenvalue weighted by molar-refractivity contribution is 0.0697. The zero-order chi connectivity index (χ0) is 19.1. The number of rotatable bonds is 8. The van der Waals surface area contributed by atoms with Crippen LogP contribution in [0.15, 0.2) is 72.8 Å². The Bertz CT molecular complexity index is 892. The number of ether oxygens (including phenoxy) is 1. The third kappa shape index (κ3) is 5.39. The van der Waals surface area contributed by atoms with E-state index in [-0.39, 0.29) is 11.4 Å². The predicted molar refractivity (Wildman–Crippen MR) is 101 cm³/mol. The van der Waals surface area contributed by atoms with Gasteiger partial charge >= 0.3 is 5.97 Å². The largest absolute Gasteiger partial charge is 0.489 e. The third-order valence-electron chi connectivity index (χ3n) is 4.13. The summed E-state index contributed by atoms with van der Waals surface area (Å²) in [7, 11) is 0. The fourth-order valence-corrected chi connectivity index (χ4v) is 2.64. The summed E-state index contributed by atoms with van der Waals surface area (Å²) in [6.07, 6.45) is 0. The van der Waals surface area contributed by atoms with Crippen LogP contribution in [0.3, 0.4) is 0 Å². The first-order valence-corrected chi connectivity index (χ1v) is 8.60. The van der Waals surface area contributed by atoms with Crippen LogP contribution in [-0.4, -0.2) is 11.1 Å². The number of nitrogens with one attached hydrogen (secondary N) is 1. The Morgan fingerprint density at radius 2 is 1.56 bits per heavy atom. The zero-order valence-corrected chi connectivity index (χ0v) is 14.7. The van der Waals surface area contributed by atoms with E-state index in [1.165, 1.54) is 12.1 Å². The highest BCUT2D eigenvalue weighted by molar-refractivity contribution is 5.87. The highest BCUT2D eigenvalue weighted by atomic mass is 19.1. The Balaban J connectivity index is 1.55. The van der Waals surface area contributed by atoms with Gasteiger partial charge in [0.05, 0.1) is 5.56 Å². The number of benzene rings is 3. The second-order valence-corrected chi connectivity index (χ2v) is 6.13. The highest BCUT2D eigenvalue weighted by Crippen LogP contribution is 2.19. The Hall–Kier alpha value is -3.18. The van der Waals surface area contributed by atoms with Crippen molar-refractivity contribution in [1.82, 2.24) is 5.32 Å². The van der Waals surface area contributed by atoms with Crippen LogP contribution in [-0.2, 0) is 19.7 Å². The van der Waals surface area contributed by atoms with Gasteiger partial charge in [0.25, 0.3) is 0 Å². The average Bonchev–Trinajstić information content (AvgIpc) is 2.69. The van der Waals surface area contributed by atoms with Crippen molar-refractivity contribution in [3.63, 3.8) is 0 Å². The summed E-state index contributed by atoms with van der Waals surface area (Å²) in [5.74, 6) is -0.419. The monoisotopic (exact) mass is 365 g/mol. The molecule has 4 nitrogen and oxygen atoms in total. The molecule has 0 spiro atoms. The minimum atomic E-state index is -0.929. The summed E-state index contributed by atoms with van der Waals surface area (Å²) in [6, 6.07) is 20.8. The molecule has 2 N–H and O–H groups in total. The van der Waals surface area contributed by atoms with E-state index >= 15 is 0 Å². The lowest BCUT2D eigenvalue weighted by Gasteiger charge is -2.12. The van der Waals surface area contributed by atoms with Gasteiger partial charge in [-0.1, -0.05) is 42.5 Å². The molecule has 0 saturated heterocycles. The topological polar surface area (TPSA) is 58.6 Å². The van der Waals surface area contributed by atoms with E-state index in [9.17, 15) is 9.18 Å². The molecule has 0 atom stereocenters. The van der Waals surface area contributed by atoms with Crippen LogP contribution < -0.4 is 10.1 Å². The van der Waals surface area contributed by atoms with Crippen LogP contribution >= 0.6 is 0 Å². The van der Waals surface area contributed by atoms with E-state index in [2.05, 4.69) is 5.32 Å². The number of para-hydroxylation sites is 1. The fraction of sp³-hybridized carbons (Fsp3) is 0.136. The lowest BCUT2D eigenvalue weighted by Crippen LogP contribution is -2.13. The second-order valence-electron chi connectivity index (χ2n) is 6.13. The molecule has 0 heterocycles. The predicted octanol–water partition coefficient (Wildman–Crippen LogP) is 4.39. The number of carboxylic acid groups (broad SMARTS) is 1. The molecule has 0 amide bonds. The molecule has 0 bridgehead atoms. The number of carboxylic acids is 1. The van der Waals surface area contributed by atoms with Crippen molar-refractivity contribution in [2.45, 2.75) is 19.7 Å². The van der Waals surface area contributed by atoms with Gasteiger partial charge in [-0.15, -0.1) is 0 Å².